The highest BCUT2D eigenvalue weighted by Crippen LogP contribution is 2.33. The van der Waals surface area contributed by atoms with Crippen molar-refractivity contribution in [2.24, 2.45) is 11.8 Å². The van der Waals surface area contributed by atoms with E-state index in [0.717, 1.165) is 38.5 Å². The molecule has 0 aliphatic carbocycles. The molecule has 0 unspecified atom stereocenters. The summed E-state index contributed by atoms with van der Waals surface area (Å²) in [6.07, 6.45) is 5.04. The van der Waals surface area contributed by atoms with Crippen molar-refractivity contribution in [3.63, 3.8) is 0 Å². The number of rotatable bonds is 17. The second-order valence-electron chi connectivity index (χ2n) is 10.1. The number of carbonyl (C=O) groups is 2. The van der Waals surface area contributed by atoms with Crippen molar-refractivity contribution in [3.8, 4) is 0 Å². The van der Waals surface area contributed by atoms with Crippen LogP contribution in [0.2, 0.25) is 0 Å². The maximum atomic E-state index is 12.0. The van der Waals surface area contributed by atoms with Gasteiger partial charge in [-0.25, -0.2) is 4.79 Å². The molecular weight excluding hydrogens is 440 g/mol. The number of aliphatic carboxylic acids is 1. The van der Waals surface area contributed by atoms with Crippen molar-refractivity contribution in [3.05, 3.63) is 11.6 Å². The average molecular weight is 486 g/mol. The number of carboxylic acids is 1. The Morgan fingerprint density at radius 1 is 1.09 bits per heavy atom. The lowest BCUT2D eigenvalue weighted by Gasteiger charge is -2.27. The molecule has 34 heavy (non-hydrogen) atoms. The van der Waals surface area contributed by atoms with Gasteiger partial charge in [0.05, 0.1) is 31.0 Å². The molecule has 1 saturated heterocycles. The van der Waals surface area contributed by atoms with E-state index in [2.05, 4.69) is 0 Å². The van der Waals surface area contributed by atoms with Crippen LogP contribution in [0.25, 0.3) is 0 Å². The molecule has 0 bridgehead atoms. The van der Waals surface area contributed by atoms with Crippen LogP contribution in [0.3, 0.4) is 0 Å². The Balaban J connectivity index is 2.29. The lowest BCUT2D eigenvalue weighted by Crippen LogP contribution is -2.40. The number of hydrogen-bond acceptors (Lipinski definition) is 8. The summed E-state index contributed by atoms with van der Waals surface area (Å²) in [5.41, 5.74) is 0.620. The molecule has 8 nitrogen and oxygen atoms in total. The number of hydrogen-bond donors (Lipinski definition) is 3. The lowest BCUT2D eigenvalue weighted by molar-refractivity contribution is -0.305. The zero-order valence-corrected chi connectivity index (χ0v) is 21.3. The predicted molar refractivity (Wildman–Crippen MR) is 127 cm³/mol. The molecule has 7 atom stereocenters. The molecule has 0 aromatic rings. The summed E-state index contributed by atoms with van der Waals surface area (Å²) in [6, 6.07) is 0. The van der Waals surface area contributed by atoms with Gasteiger partial charge in [-0.3, -0.25) is 0 Å². The van der Waals surface area contributed by atoms with Gasteiger partial charge < -0.3 is 34.7 Å². The van der Waals surface area contributed by atoms with Crippen molar-refractivity contribution in [2.45, 2.75) is 122 Å². The quantitative estimate of drug-likeness (QED) is 0.162. The van der Waals surface area contributed by atoms with Crippen LogP contribution < -0.4 is 5.11 Å². The molecule has 0 amide bonds. The second kappa shape index (κ2) is 16.2. The molecule has 0 radical (unpaired) electrons. The van der Waals surface area contributed by atoms with E-state index in [-0.39, 0.29) is 30.8 Å². The lowest BCUT2D eigenvalue weighted by atomic mass is 9.90. The predicted octanol–water partition coefficient (Wildman–Crippen LogP) is 2.27. The third-order valence-electron chi connectivity index (χ3n) is 6.65. The summed E-state index contributed by atoms with van der Waals surface area (Å²) < 4.78 is 11.2. The minimum absolute atomic E-state index is 0.0555. The Morgan fingerprint density at radius 3 is 2.32 bits per heavy atom. The first-order chi connectivity index (χ1) is 16.0. The maximum Gasteiger partial charge on any atom is 0.330 e. The van der Waals surface area contributed by atoms with E-state index in [4.69, 9.17) is 9.47 Å². The third-order valence-corrected chi connectivity index (χ3v) is 6.65. The van der Waals surface area contributed by atoms with Gasteiger partial charge in [-0.1, -0.05) is 45.1 Å². The van der Waals surface area contributed by atoms with Crippen molar-refractivity contribution < 1.29 is 39.5 Å². The highest BCUT2D eigenvalue weighted by Gasteiger charge is 2.40. The van der Waals surface area contributed by atoms with Crippen molar-refractivity contribution in [1.29, 1.82) is 0 Å². The molecule has 198 valence electrons. The van der Waals surface area contributed by atoms with Crippen LogP contribution in [0.1, 0.15) is 91.9 Å². The van der Waals surface area contributed by atoms with E-state index in [0.29, 0.717) is 25.0 Å². The van der Waals surface area contributed by atoms with Crippen LogP contribution >= 0.6 is 0 Å². The summed E-state index contributed by atoms with van der Waals surface area (Å²) in [6.45, 7) is 7.74. The number of esters is 1. The van der Waals surface area contributed by atoms with Crippen LogP contribution in [0.5, 0.6) is 0 Å². The van der Waals surface area contributed by atoms with Crippen molar-refractivity contribution >= 4 is 11.9 Å². The molecule has 1 fully saturated rings. The first-order valence-corrected chi connectivity index (χ1v) is 12.7. The molecule has 0 saturated carbocycles. The molecule has 1 heterocycles. The zero-order chi connectivity index (χ0) is 25.7. The van der Waals surface area contributed by atoms with Crippen LogP contribution in [-0.2, 0) is 19.1 Å². The number of carboxylic acid groups (broad SMARTS) is 1. The molecule has 0 spiro atoms. The average Bonchev–Trinajstić information content (AvgIpc) is 3.11. The molecule has 0 aromatic carbocycles. The molecule has 3 N–H and O–H groups in total. The largest absolute Gasteiger partial charge is 0.550 e. The van der Waals surface area contributed by atoms with E-state index in [1.54, 1.807) is 13.8 Å². The third kappa shape index (κ3) is 12.3. The van der Waals surface area contributed by atoms with Crippen LogP contribution in [0.4, 0.5) is 0 Å². The second-order valence-corrected chi connectivity index (χ2v) is 10.1. The molecule has 1 aliphatic rings. The van der Waals surface area contributed by atoms with Gasteiger partial charge >= 0.3 is 5.97 Å². The number of unbranched alkanes of at least 4 members (excludes halogenated alkanes) is 5. The molecule has 8 heteroatoms. The summed E-state index contributed by atoms with van der Waals surface area (Å²) in [5.74, 6) is -1.30. The zero-order valence-electron chi connectivity index (χ0n) is 21.3. The first-order valence-electron chi connectivity index (χ1n) is 12.7. The smallest absolute Gasteiger partial charge is 0.330 e. The van der Waals surface area contributed by atoms with Gasteiger partial charge in [-0.2, -0.15) is 0 Å². The van der Waals surface area contributed by atoms with Gasteiger partial charge in [0.25, 0.3) is 0 Å². The Bertz CT molecular complexity index is 632. The highest BCUT2D eigenvalue weighted by molar-refractivity contribution is 5.82. The van der Waals surface area contributed by atoms with E-state index in [9.17, 15) is 30.0 Å². The van der Waals surface area contributed by atoms with Gasteiger partial charge in [0.1, 0.15) is 6.10 Å². The molecule has 0 aromatic heterocycles. The highest BCUT2D eigenvalue weighted by atomic mass is 16.5. The molecular formula is C26H45O8-. The minimum atomic E-state index is -1.06. The minimum Gasteiger partial charge on any atom is -0.550 e. The van der Waals surface area contributed by atoms with Crippen LogP contribution in [0.15, 0.2) is 11.6 Å². The Hall–Kier alpha value is -1.48. The van der Waals surface area contributed by atoms with Crippen molar-refractivity contribution in [2.75, 3.05) is 6.61 Å². The fourth-order valence-corrected chi connectivity index (χ4v) is 4.36. The van der Waals surface area contributed by atoms with E-state index in [1.807, 2.05) is 13.8 Å². The van der Waals surface area contributed by atoms with Gasteiger partial charge in [-0.05, 0) is 64.2 Å². The molecule has 1 aliphatic heterocycles. The summed E-state index contributed by atoms with van der Waals surface area (Å²) in [4.78, 5) is 22.3. The van der Waals surface area contributed by atoms with E-state index in [1.165, 1.54) is 6.08 Å². The van der Waals surface area contributed by atoms with Gasteiger partial charge in [-0.15, -0.1) is 0 Å². The first kappa shape index (κ1) is 30.6. The maximum absolute atomic E-state index is 12.0. The summed E-state index contributed by atoms with van der Waals surface area (Å²) >= 11 is 0. The SMILES string of the molecule is C/C(=C\C(=O)OCCCCCCCCC(=O)[O-])C[C@H](O)[C@H](O)[C@@H]1O[C@@H](C[C@@H](C)[C@H](C)O)C[C@H]1C. The number of aliphatic hydroxyl groups is 3. The van der Waals surface area contributed by atoms with E-state index < -0.39 is 36.4 Å². The van der Waals surface area contributed by atoms with E-state index >= 15 is 0 Å². The fourth-order valence-electron chi connectivity index (χ4n) is 4.36. The van der Waals surface area contributed by atoms with Gasteiger partial charge in [0, 0.05) is 12.0 Å². The van der Waals surface area contributed by atoms with Crippen LogP contribution in [0, 0.1) is 11.8 Å². The van der Waals surface area contributed by atoms with Crippen LogP contribution in [-0.4, -0.2) is 64.4 Å². The van der Waals surface area contributed by atoms with Gasteiger partial charge in [0.15, 0.2) is 0 Å². The molecule has 1 rings (SSSR count). The topological polar surface area (TPSA) is 136 Å². The summed E-state index contributed by atoms with van der Waals surface area (Å²) in [5, 5.41) is 41.2. The number of ether oxygens (including phenoxy) is 2. The number of aliphatic hydroxyl groups excluding tert-OH is 3. The summed E-state index contributed by atoms with van der Waals surface area (Å²) in [7, 11) is 0. The van der Waals surface area contributed by atoms with Crippen molar-refractivity contribution in [1.82, 2.24) is 0 Å². The Kier molecular flexibility index (Phi) is 14.6. The van der Waals surface area contributed by atoms with Gasteiger partial charge in [0.2, 0.25) is 0 Å². The monoisotopic (exact) mass is 485 g/mol. The normalized spacial score (nSPS) is 24.4. The number of carbonyl (C=O) groups excluding carboxylic acids is 2. The Labute approximate surface area is 204 Å². The fraction of sp³-hybridized carbons (Fsp3) is 0.846. The Morgan fingerprint density at radius 2 is 1.71 bits per heavy atom. The standard InChI is InChI=1S/C26H46O8/c1-17(14-24(31)33-12-10-8-6-5-7-9-11-23(29)30)13-22(28)25(32)26-19(3)16-21(34-26)15-18(2)20(4)27/h14,18-22,25-28,32H,5-13,15-16H2,1-4H3,(H,29,30)/p-1/b17-14+/t18-,19-,20+,21+,22+,25+,26-/m1/s1.